The van der Waals surface area contributed by atoms with Crippen molar-refractivity contribution in [2.24, 2.45) is 5.73 Å². The molecule has 0 aromatic carbocycles. The molecule has 0 unspecified atom stereocenters. The number of rotatable bonds is 4. The number of hydrogen-bond acceptors (Lipinski definition) is 3. The van der Waals surface area contributed by atoms with Crippen LogP contribution >= 0.6 is 0 Å². The Balaban J connectivity index is 2.43. The van der Waals surface area contributed by atoms with Crippen LogP contribution in [0, 0.1) is 0 Å². The molecule has 1 aliphatic heterocycles. The fraction of sp³-hybridized carbons (Fsp3) is 1.00. The van der Waals surface area contributed by atoms with Crippen molar-refractivity contribution in [2.45, 2.75) is 71.1 Å². The maximum absolute atomic E-state index is 6.07. The third-order valence-corrected chi connectivity index (χ3v) is 3.06. The van der Waals surface area contributed by atoms with E-state index in [1.807, 2.05) is 0 Å². The predicted octanol–water partition coefficient (Wildman–Crippen LogP) is 2.39. The van der Waals surface area contributed by atoms with Crippen molar-refractivity contribution in [1.82, 2.24) is 4.90 Å². The molecule has 3 nitrogen and oxygen atoms in total. The molecule has 1 rings (SSSR count). The maximum atomic E-state index is 6.07. The first-order chi connectivity index (χ1) is 7.49. The van der Waals surface area contributed by atoms with Crippen LogP contribution in [0.4, 0.5) is 0 Å². The SMILES string of the molecule is CC(C)(N)CCCN1CC(C)(C)OC(C)(C)C1. The van der Waals surface area contributed by atoms with Gasteiger partial charge in [0, 0.05) is 18.6 Å². The highest BCUT2D eigenvalue weighted by Gasteiger charge is 2.37. The van der Waals surface area contributed by atoms with Gasteiger partial charge in [-0.2, -0.15) is 0 Å². The van der Waals surface area contributed by atoms with Crippen LogP contribution < -0.4 is 5.73 Å². The number of nitrogens with zero attached hydrogens (tertiary/aromatic N) is 1. The summed E-state index contributed by atoms with van der Waals surface area (Å²) < 4.78 is 6.07. The Labute approximate surface area is 107 Å². The van der Waals surface area contributed by atoms with Crippen LogP contribution in [-0.4, -0.2) is 41.3 Å². The lowest BCUT2D eigenvalue weighted by Crippen LogP contribution is -2.57. The summed E-state index contributed by atoms with van der Waals surface area (Å²) in [4.78, 5) is 2.51. The molecule has 102 valence electrons. The molecule has 0 atom stereocenters. The Morgan fingerprint density at radius 2 is 1.59 bits per heavy atom. The third kappa shape index (κ3) is 5.84. The smallest absolute Gasteiger partial charge is 0.0760 e. The van der Waals surface area contributed by atoms with Gasteiger partial charge < -0.3 is 10.5 Å². The van der Waals surface area contributed by atoms with E-state index in [0.29, 0.717) is 0 Å². The maximum Gasteiger partial charge on any atom is 0.0760 e. The van der Waals surface area contributed by atoms with Crippen molar-refractivity contribution in [3.63, 3.8) is 0 Å². The van der Waals surface area contributed by atoms with Crippen molar-refractivity contribution in [1.29, 1.82) is 0 Å². The summed E-state index contributed by atoms with van der Waals surface area (Å²) in [5.74, 6) is 0. The number of nitrogens with two attached hydrogens (primary N) is 1. The van der Waals surface area contributed by atoms with Crippen molar-refractivity contribution in [2.75, 3.05) is 19.6 Å². The van der Waals surface area contributed by atoms with E-state index in [4.69, 9.17) is 10.5 Å². The zero-order valence-electron chi connectivity index (χ0n) is 12.5. The van der Waals surface area contributed by atoms with E-state index in [9.17, 15) is 0 Å². The van der Waals surface area contributed by atoms with Crippen LogP contribution in [-0.2, 0) is 4.74 Å². The minimum absolute atomic E-state index is 0.0417. The zero-order chi connectivity index (χ0) is 13.3. The number of hydrogen-bond donors (Lipinski definition) is 1. The zero-order valence-corrected chi connectivity index (χ0v) is 12.5. The standard InChI is InChI=1S/C14H30N2O/c1-12(2,15)8-7-9-16-10-13(3,4)17-14(5,6)11-16/h7-11,15H2,1-6H3. The molecule has 0 radical (unpaired) electrons. The first-order valence-electron chi connectivity index (χ1n) is 6.71. The molecular weight excluding hydrogens is 212 g/mol. The van der Waals surface area contributed by atoms with Gasteiger partial charge in [-0.05, 0) is 60.9 Å². The highest BCUT2D eigenvalue weighted by molar-refractivity contribution is 4.89. The Hall–Kier alpha value is -0.120. The molecule has 17 heavy (non-hydrogen) atoms. The predicted molar refractivity (Wildman–Crippen MR) is 73.2 cm³/mol. The Morgan fingerprint density at radius 1 is 1.12 bits per heavy atom. The lowest BCUT2D eigenvalue weighted by Gasteiger charge is -2.47. The molecular formula is C14H30N2O. The van der Waals surface area contributed by atoms with E-state index in [-0.39, 0.29) is 16.7 Å². The van der Waals surface area contributed by atoms with Gasteiger partial charge in [0.1, 0.15) is 0 Å². The average molecular weight is 242 g/mol. The first-order valence-corrected chi connectivity index (χ1v) is 6.71. The van der Waals surface area contributed by atoms with E-state index in [1.54, 1.807) is 0 Å². The molecule has 0 saturated carbocycles. The summed E-state index contributed by atoms with van der Waals surface area (Å²) in [7, 11) is 0. The minimum Gasteiger partial charge on any atom is -0.367 e. The van der Waals surface area contributed by atoms with Gasteiger partial charge >= 0.3 is 0 Å². The average Bonchev–Trinajstić information content (AvgIpc) is 1.93. The van der Waals surface area contributed by atoms with Crippen molar-refractivity contribution in [3.8, 4) is 0 Å². The van der Waals surface area contributed by atoms with Gasteiger partial charge in [0.15, 0.2) is 0 Å². The molecule has 0 aromatic rings. The molecule has 0 bridgehead atoms. The van der Waals surface area contributed by atoms with E-state index in [2.05, 4.69) is 46.4 Å². The van der Waals surface area contributed by atoms with Gasteiger partial charge in [0.05, 0.1) is 11.2 Å². The van der Waals surface area contributed by atoms with E-state index >= 15 is 0 Å². The normalized spacial score (nSPS) is 24.9. The number of ether oxygens (including phenoxy) is 1. The molecule has 1 saturated heterocycles. The van der Waals surface area contributed by atoms with Crippen LogP contribution in [0.3, 0.4) is 0 Å². The van der Waals surface area contributed by atoms with Gasteiger partial charge in [-0.25, -0.2) is 0 Å². The highest BCUT2D eigenvalue weighted by Crippen LogP contribution is 2.28. The second kappa shape index (κ2) is 4.87. The molecule has 1 heterocycles. The second-order valence-electron chi connectivity index (χ2n) is 7.42. The van der Waals surface area contributed by atoms with Crippen LogP contribution in [0.2, 0.25) is 0 Å². The monoisotopic (exact) mass is 242 g/mol. The van der Waals surface area contributed by atoms with Gasteiger partial charge in [-0.15, -0.1) is 0 Å². The lowest BCUT2D eigenvalue weighted by atomic mass is 9.97. The summed E-state index contributed by atoms with van der Waals surface area (Å²) in [5.41, 5.74) is 5.89. The fourth-order valence-electron chi connectivity index (χ4n) is 2.86. The van der Waals surface area contributed by atoms with Gasteiger partial charge in [-0.3, -0.25) is 4.90 Å². The highest BCUT2D eigenvalue weighted by atomic mass is 16.5. The van der Waals surface area contributed by atoms with Gasteiger partial charge in [-0.1, -0.05) is 0 Å². The molecule has 3 heteroatoms. The molecule has 0 aromatic heterocycles. The van der Waals surface area contributed by atoms with E-state index in [0.717, 1.165) is 32.5 Å². The number of morpholine rings is 1. The molecule has 1 fully saturated rings. The quantitative estimate of drug-likeness (QED) is 0.822. The third-order valence-electron chi connectivity index (χ3n) is 3.06. The first kappa shape index (κ1) is 14.9. The van der Waals surface area contributed by atoms with Crippen LogP contribution in [0.15, 0.2) is 0 Å². The van der Waals surface area contributed by atoms with Crippen LogP contribution in [0.25, 0.3) is 0 Å². The van der Waals surface area contributed by atoms with E-state index in [1.165, 1.54) is 0 Å². The molecule has 0 spiro atoms. The largest absolute Gasteiger partial charge is 0.367 e. The summed E-state index contributed by atoms with van der Waals surface area (Å²) in [6.07, 6.45) is 2.24. The summed E-state index contributed by atoms with van der Waals surface area (Å²) in [6.45, 7) is 16.0. The minimum atomic E-state index is -0.0443. The Morgan fingerprint density at radius 3 is 2.00 bits per heavy atom. The van der Waals surface area contributed by atoms with Crippen molar-refractivity contribution < 1.29 is 4.74 Å². The van der Waals surface area contributed by atoms with Crippen LogP contribution in [0.5, 0.6) is 0 Å². The van der Waals surface area contributed by atoms with Gasteiger partial charge in [0.2, 0.25) is 0 Å². The molecule has 2 N–H and O–H groups in total. The summed E-state index contributed by atoms with van der Waals surface area (Å²) in [5, 5.41) is 0. The lowest BCUT2D eigenvalue weighted by molar-refractivity contribution is -0.180. The Bertz CT molecular complexity index is 237. The summed E-state index contributed by atoms with van der Waals surface area (Å²) in [6, 6.07) is 0. The van der Waals surface area contributed by atoms with E-state index < -0.39 is 0 Å². The van der Waals surface area contributed by atoms with Crippen molar-refractivity contribution in [3.05, 3.63) is 0 Å². The second-order valence-corrected chi connectivity index (χ2v) is 7.42. The van der Waals surface area contributed by atoms with Gasteiger partial charge in [0.25, 0.3) is 0 Å². The molecule has 0 amide bonds. The topological polar surface area (TPSA) is 38.5 Å². The van der Waals surface area contributed by atoms with Crippen molar-refractivity contribution >= 4 is 0 Å². The molecule has 1 aliphatic rings. The fourth-order valence-corrected chi connectivity index (χ4v) is 2.86. The molecule has 0 aliphatic carbocycles. The van der Waals surface area contributed by atoms with Crippen LogP contribution in [0.1, 0.15) is 54.4 Å². The summed E-state index contributed by atoms with van der Waals surface area (Å²) >= 11 is 0. The Kier molecular flexibility index (Phi) is 4.28.